The van der Waals surface area contributed by atoms with Gasteiger partial charge >= 0.3 is 11.9 Å². The van der Waals surface area contributed by atoms with Crippen LogP contribution >= 0.6 is 22.7 Å². The van der Waals surface area contributed by atoms with E-state index in [9.17, 15) is 14.7 Å². The Morgan fingerprint density at radius 1 is 0.625 bits per heavy atom. The van der Waals surface area contributed by atoms with E-state index in [1.807, 2.05) is 66.7 Å². The summed E-state index contributed by atoms with van der Waals surface area (Å²) < 4.78 is 17.2. The Hall–Kier alpha value is -7.56. The molecule has 2 aliphatic rings. The van der Waals surface area contributed by atoms with Crippen LogP contribution in [0.5, 0.6) is 21.6 Å². The molecule has 16 heteroatoms. The fraction of sp³-hybridized carbons (Fsp3) is 0.167. The fourth-order valence-electron chi connectivity index (χ4n) is 6.47. The maximum Gasteiger partial charge on any atom is 0.339 e. The molecule has 2 saturated carbocycles. The monoisotopic (exact) mass is 888 g/mol. The average molecular weight is 889 g/mol. The van der Waals surface area contributed by atoms with E-state index in [2.05, 4.69) is 30.6 Å². The van der Waals surface area contributed by atoms with Gasteiger partial charge in [-0.1, -0.05) is 83.3 Å². The topological polar surface area (TPSA) is 183 Å². The van der Waals surface area contributed by atoms with Gasteiger partial charge in [-0.3, -0.25) is 0 Å². The van der Waals surface area contributed by atoms with Gasteiger partial charge in [0.1, 0.15) is 56.2 Å². The van der Waals surface area contributed by atoms with Gasteiger partial charge in [-0.25, -0.2) is 39.5 Å². The Balaban J connectivity index is 0.000000162. The Bertz CT molecular complexity index is 2920. The second kappa shape index (κ2) is 18.8. The highest BCUT2D eigenvalue weighted by Crippen LogP contribution is 2.49. The van der Waals surface area contributed by atoms with E-state index in [0.717, 1.165) is 42.7 Å². The molecule has 10 rings (SSSR count). The van der Waals surface area contributed by atoms with Crippen molar-refractivity contribution in [3.63, 3.8) is 0 Å². The van der Waals surface area contributed by atoms with Crippen molar-refractivity contribution in [2.75, 3.05) is 17.7 Å². The van der Waals surface area contributed by atoms with Gasteiger partial charge in [0.05, 0.1) is 23.9 Å². The van der Waals surface area contributed by atoms with Gasteiger partial charge in [0.2, 0.25) is 10.1 Å². The number of hydrogen-bond donors (Lipinski definition) is 3. The summed E-state index contributed by atoms with van der Waals surface area (Å²) in [5.74, 6) is 3.13. The molecule has 320 valence electrons. The van der Waals surface area contributed by atoms with E-state index in [4.69, 9.17) is 24.2 Å². The van der Waals surface area contributed by atoms with Gasteiger partial charge < -0.3 is 30.0 Å². The van der Waals surface area contributed by atoms with Crippen molar-refractivity contribution < 1.29 is 28.9 Å². The highest BCUT2D eigenvalue weighted by atomic mass is 32.1. The lowest BCUT2D eigenvalue weighted by Gasteiger charge is -2.09. The molecule has 14 nitrogen and oxygen atoms in total. The molecule has 3 N–H and O–H groups in total. The van der Waals surface area contributed by atoms with Gasteiger partial charge in [0.15, 0.2) is 0 Å². The second-order valence-corrected chi connectivity index (χ2v) is 16.9. The smallest absolute Gasteiger partial charge is 0.339 e. The van der Waals surface area contributed by atoms with Gasteiger partial charge in [-0.15, -0.1) is 0 Å². The van der Waals surface area contributed by atoms with Crippen LogP contribution < -0.4 is 20.1 Å². The van der Waals surface area contributed by atoms with Crippen molar-refractivity contribution in [1.82, 2.24) is 29.9 Å². The molecule has 64 heavy (non-hydrogen) atoms. The van der Waals surface area contributed by atoms with Crippen LogP contribution in [0.3, 0.4) is 0 Å². The first-order valence-corrected chi connectivity index (χ1v) is 22.1. The molecule has 2 aromatic carbocycles. The summed E-state index contributed by atoms with van der Waals surface area (Å²) in [6.07, 6.45) is 9.51. The molecule has 0 atom stereocenters. The SMILES string of the molecule is COC(=O)c1ccc(Nc2cc(Oc3sc(C4CC4)nc3-c3ccccc3)ccn2)nc1.Cc1nc(Nc2cc(Oc3sc(C4CC4)nc3-c3ccccc3)ccn2)ccc1C(=O)O. The molecular formula is C48H40N8O6S2. The van der Waals surface area contributed by atoms with Gasteiger partial charge in [0, 0.05) is 53.7 Å². The van der Waals surface area contributed by atoms with Crippen molar-refractivity contribution in [3.8, 4) is 44.1 Å². The molecule has 6 aromatic heterocycles. The molecule has 6 heterocycles. The number of aromatic carboxylic acids is 1. The Morgan fingerprint density at radius 2 is 1.14 bits per heavy atom. The third kappa shape index (κ3) is 10.2. The summed E-state index contributed by atoms with van der Waals surface area (Å²) in [5, 5.41) is 19.2. The molecule has 0 spiro atoms. The number of esters is 1. The minimum absolute atomic E-state index is 0.172. The summed E-state index contributed by atoms with van der Waals surface area (Å²) in [7, 11) is 1.34. The molecule has 2 fully saturated rings. The van der Waals surface area contributed by atoms with E-state index in [1.54, 1.807) is 78.4 Å². The molecule has 2 aliphatic carbocycles. The quantitative estimate of drug-likeness (QED) is 0.0876. The number of nitrogens with zero attached hydrogens (tertiary/aromatic N) is 6. The number of thiazole rings is 2. The number of anilines is 4. The van der Waals surface area contributed by atoms with E-state index >= 15 is 0 Å². The zero-order chi connectivity index (χ0) is 44.0. The van der Waals surface area contributed by atoms with Gasteiger partial charge in [-0.05, 0) is 69.0 Å². The predicted molar refractivity (Wildman–Crippen MR) is 246 cm³/mol. The van der Waals surface area contributed by atoms with Gasteiger partial charge in [-0.2, -0.15) is 0 Å². The third-order valence-electron chi connectivity index (χ3n) is 10.1. The number of rotatable bonds is 14. The first kappa shape index (κ1) is 41.8. The number of methoxy groups -OCH3 is 1. The van der Waals surface area contributed by atoms with Gasteiger partial charge in [0.25, 0.3) is 0 Å². The minimum Gasteiger partial charge on any atom is -0.478 e. The lowest BCUT2D eigenvalue weighted by Crippen LogP contribution is -2.04. The van der Waals surface area contributed by atoms with Crippen molar-refractivity contribution in [1.29, 1.82) is 0 Å². The van der Waals surface area contributed by atoms with E-state index in [1.165, 1.54) is 45.1 Å². The first-order valence-electron chi connectivity index (χ1n) is 20.5. The molecule has 0 saturated heterocycles. The number of pyridine rings is 4. The van der Waals surface area contributed by atoms with Crippen LogP contribution in [0.25, 0.3) is 22.5 Å². The lowest BCUT2D eigenvalue weighted by atomic mass is 10.2. The maximum atomic E-state index is 11.6. The van der Waals surface area contributed by atoms with Crippen molar-refractivity contribution in [3.05, 3.63) is 155 Å². The molecule has 0 amide bonds. The van der Waals surface area contributed by atoms with Crippen LogP contribution in [0.2, 0.25) is 0 Å². The second-order valence-electron chi connectivity index (χ2n) is 14.9. The summed E-state index contributed by atoms with van der Waals surface area (Å²) >= 11 is 3.20. The highest BCUT2D eigenvalue weighted by Gasteiger charge is 2.30. The molecule has 0 aliphatic heterocycles. The lowest BCUT2D eigenvalue weighted by molar-refractivity contribution is 0.0599. The number of hydrogen-bond acceptors (Lipinski definition) is 15. The largest absolute Gasteiger partial charge is 0.478 e. The van der Waals surface area contributed by atoms with E-state index in [0.29, 0.717) is 57.9 Å². The molecule has 0 radical (unpaired) electrons. The number of carbonyl (C=O) groups excluding carboxylic acids is 1. The zero-order valence-corrected chi connectivity index (χ0v) is 36.2. The third-order valence-corrected chi connectivity index (χ3v) is 12.3. The number of nitrogens with one attached hydrogen (secondary N) is 2. The van der Waals surface area contributed by atoms with Crippen molar-refractivity contribution in [2.45, 2.75) is 44.4 Å². The van der Waals surface area contributed by atoms with Crippen molar-refractivity contribution >= 4 is 57.9 Å². The number of carboxylic acids is 1. The van der Waals surface area contributed by atoms with Crippen LogP contribution in [0.1, 0.15) is 73.9 Å². The average Bonchev–Trinajstić information content (AvgIpc) is 4.26. The van der Waals surface area contributed by atoms with Crippen LogP contribution in [-0.2, 0) is 4.74 Å². The van der Waals surface area contributed by atoms with Crippen LogP contribution in [0.4, 0.5) is 23.3 Å². The number of ether oxygens (including phenoxy) is 3. The van der Waals surface area contributed by atoms with Crippen molar-refractivity contribution in [2.24, 2.45) is 0 Å². The molecular weight excluding hydrogens is 849 g/mol. The first-order chi connectivity index (χ1) is 31.3. The Morgan fingerprint density at radius 3 is 1.59 bits per heavy atom. The molecule has 0 bridgehead atoms. The standard InChI is InChI=1S/2C24H20N4O3S/c1-30-23(29)17-9-10-19(26-14-17)27-20-13-18(11-12-25-20)31-24-21(15-5-3-2-4-6-15)28-22(32-24)16-7-8-16;1-14-18(23(29)30)9-10-19(26-14)27-20-13-17(11-12-25-20)31-24-21(15-5-3-2-4-6-15)28-22(32-24)16-7-8-16/h2-6,9-14,16H,7-8H2,1H3,(H,25,26,27);2-6,9-13,16H,7-8H2,1H3,(H,29,30)(H,25,26,27). The maximum absolute atomic E-state index is 11.6. The van der Waals surface area contributed by atoms with Crippen LogP contribution in [0, 0.1) is 6.92 Å². The van der Waals surface area contributed by atoms with Crippen LogP contribution in [-0.4, -0.2) is 54.1 Å². The number of carboxylic acid groups (broad SMARTS) is 1. The summed E-state index contributed by atoms with van der Waals surface area (Å²) in [6, 6.07) is 33.8. The molecule has 8 aromatic rings. The van der Waals surface area contributed by atoms with Crippen LogP contribution in [0.15, 0.2) is 128 Å². The number of aromatic nitrogens is 6. The highest BCUT2D eigenvalue weighted by molar-refractivity contribution is 7.14. The Labute approximate surface area is 376 Å². The number of aryl methyl sites for hydroxylation is 1. The Kier molecular flexibility index (Phi) is 12.3. The summed E-state index contributed by atoms with van der Waals surface area (Å²) in [4.78, 5) is 49.7. The van der Waals surface area contributed by atoms with E-state index < -0.39 is 11.9 Å². The van der Waals surface area contributed by atoms with E-state index in [-0.39, 0.29) is 5.56 Å². The zero-order valence-electron chi connectivity index (χ0n) is 34.6. The number of benzene rings is 2. The fourth-order valence-corrected chi connectivity index (χ4v) is 8.73. The summed E-state index contributed by atoms with van der Waals surface area (Å²) in [5.41, 5.74) is 4.76. The number of carbonyl (C=O) groups is 2. The normalized spacial score (nSPS) is 13.0. The summed E-state index contributed by atoms with van der Waals surface area (Å²) in [6.45, 7) is 1.66. The minimum atomic E-state index is -1.00. The predicted octanol–water partition coefficient (Wildman–Crippen LogP) is 11.8. The molecule has 0 unspecified atom stereocenters.